The maximum atomic E-state index is 12.2. The van der Waals surface area contributed by atoms with E-state index < -0.39 is 17.8 Å². The number of carbonyl (C=O) groups is 3. The Hall–Kier alpha value is -4.17. The summed E-state index contributed by atoms with van der Waals surface area (Å²) in [7, 11) is 1.44. The molecule has 168 valence electrons. The number of rotatable bonds is 8. The van der Waals surface area contributed by atoms with Crippen molar-refractivity contribution < 1.29 is 23.9 Å². The number of nitrogens with one attached hydrogen (secondary N) is 2. The van der Waals surface area contributed by atoms with Crippen molar-refractivity contribution in [3.05, 3.63) is 94.5 Å². The van der Waals surface area contributed by atoms with Crippen molar-refractivity contribution in [2.24, 2.45) is 5.10 Å². The summed E-state index contributed by atoms with van der Waals surface area (Å²) in [6, 6.07) is 19.8. The number of carbonyl (C=O) groups excluding carboxylic acids is 3. The van der Waals surface area contributed by atoms with Crippen molar-refractivity contribution >= 4 is 35.6 Å². The summed E-state index contributed by atoms with van der Waals surface area (Å²) in [5.74, 6) is -0.883. The Labute approximate surface area is 195 Å². The maximum Gasteiger partial charge on any atom is 0.343 e. The molecule has 0 atom stereocenters. The van der Waals surface area contributed by atoms with Crippen LogP contribution in [0, 0.1) is 0 Å². The highest BCUT2D eigenvalue weighted by atomic mass is 35.5. The molecule has 0 saturated carbocycles. The number of nitrogens with zero attached hydrogens (tertiary/aromatic N) is 1. The molecule has 0 fully saturated rings. The van der Waals surface area contributed by atoms with Gasteiger partial charge in [-0.15, -0.1) is 0 Å². The average Bonchev–Trinajstić information content (AvgIpc) is 2.83. The SMILES string of the molecule is COc1cc(/C=N/NC(=O)CNC(=O)c2cccc(Cl)c2)ccc1OC(=O)c1ccccc1. The molecule has 3 rings (SSSR count). The Morgan fingerprint density at radius 3 is 2.42 bits per heavy atom. The first kappa shape index (κ1) is 23.5. The lowest BCUT2D eigenvalue weighted by molar-refractivity contribution is -0.120. The molecule has 0 unspecified atom stereocenters. The van der Waals surface area contributed by atoms with E-state index >= 15 is 0 Å². The van der Waals surface area contributed by atoms with Crippen molar-refractivity contribution in [2.45, 2.75) is 0 Å². The fourth-order valence-electron chi connectivity index (χ4n) is 2.69. The van der Waals surface area contributed by atoms with Crippen LogP contribution in [0.3, 0.4) is 0 Å². The first-order chi connectivity index (χ1) is 16.0. The van der Waals surface area contributed by atoms with Gasteiger partial charge in [0.05, 0.1) is 25.4 Å². The number of hydrogen-bond donors (Lipinski definition) is 2. The van der Waals surface area contributed by atoms with Crippen LogP contribution in [-0.4, -0.2) is 37.7 Å². The molecule has 0 heterocycles. The van der Waals surface area contributed by atoms with E-state index in [2.05, 4.69) is 15.8 Å². The van der Waals surface area contributed by atoms with Gasteiger partial charge in [0.25, 0.3) is 11.8 Å². The fraction of sp³-hybridized carbons (Fsp3) is 0.0833. The number of hydrazone groups is 1. The van der Waals surface area contributed by atoms with E-state index in [1.807, 2.05) is 0 Å². The third-order valence-electron chi connectivity index (χ3n) is 4.30. The highest BCUT2D eigenvalue weighted by Crippen LogP contribution is 2.28. The first-order valence-corrected chi connectivity index (χ1v) is 10.1. The van der Waals surface area contributed by atoms with Gasteiger partial charge in [-0.2, -0.15) is 5.10 Å². The van der Waals surface area contributed by atoms with E-state index in [-0.39, 0.29) is 12.3 Å². The number of amides is 2. The number of benzene rings is 3. The molecule has 0 aliphatic rings. The van der Waals surface area contributed by atoms with Crippen LogP contribution in [0.25, 0.3) is 0 Å². The summed E-state index contributed by atoms with van der Waals surface area (Å²) in [6.07, 6.45) is 1.39. The lowest BCUT2D eigenvalue weighted by atomic mass is 10.2. The third-order valence-corrected chi connectivity index (χ3v) is 4.53. The zero-order valence-corrected chi connectivity index (χ0v) is 18.3. The molecule has 2 N–H and O–H groups in total. The van der Waals surface area contributed by atoms with E-state index in [9.17, 15) is 14.4 Å². The summed E-state index contributed by atoms with van der Waals surface area (Å²) in [5, 5.41) is 6.76. The monoisotopic (exact) mass is 465 g/mol. The largest absolute Gasteiger partial charge is 0.493 e. The second-order valence-electron chi connectivity index (χ2n) is 6.65. The number of halogens is 1. The maximum absolute atomic E-state index is 12.2. The molecule has 9 heteroatoms. The number of methoxy groups -OCH3 is 1. The van der Waals surface area contributed by atoms with E-state index in [4.69, 9.17) is 21.1 Å². The van der Waals surface area contributed by atoms with Gasteiger partial charge in [-0.05, 0) is 54.1 Å². The number of hydrogen-bond acceptors (Lipinski definition) is 6. The molecular weight excluding hydrogens is 446 g/mol. The highest BCUT2D eigenvalue weighted by Gasteiger charge is 2.12. The molecule has 33 heavy (non-hydrogen) atoms. The fourth-order valence-corrected chi connectivity index (χ4v) is 2.88. The van der Waals surface area contributed by atoms with Gasteiger partial charge in [0.1, 0.15) is 0 Å². The van der Waals surface area contributed by atoms with E-state index in [1.165, 1.54) is 19.4 Å². The Morgan fingerprint density at radius 1 is 0.939 bits per heavy atom. The zero-order chi connectivity index (χ0) is 23.6. The Bertz CT molecular complexity index is 1180. The summed E-state index contributed by atoms with van der Waals surface area (Å²) < 4.78 is 10.7. The Balaban J connectivity index is 1.53. The van der Waals surface area contributed by atoms with Crippen LogP contribution < -0.4 is 20.2 Å². The lowest BCUT2D eigenvalue weighted by Crippen LogP contribution is -2.34. The summed E-state index contributed by atoms with van der Waals surface area (Å²) in [5.41, 5.74) is 3.67. The van der Waals surface area contributed by atoms with Gasteiger partial charge in [0.2, 0.25) is 0 Å². The normalized spacial score (nSPS) is 10.5. The van der Waals surface area contributed by atoms with Crippen molar-refractivity contribution in [2.75, 3.05) is 13.7 Å². The Morgan fingerprint density at radius 2 is 1.70 bits per heavy atom. The molecule has 0 aliphatic carbocycles. The molecule has 0 aliphatic heterocycles. The summed E-state index contributed by atoms with van der Waals surface area (Å²) in [4.78, 5) is 36.2. The van der Waals surface area contributed by atoms with Gasteiger partial charge >= 0.3 is 5.97 Å². The molecular formula is C24H20ClN3O5. The molecule has 0 saturated heterocycles. The van der Waals surface area contributed by atoms with Crippen molar-refractivity contribution in [3.8, 4) is 11.5 Å². The first-order valence-electron chi connectivity index (χ1n) is 9.77. The van der Waals surface area contributed by atoms with Gasteiger partial charge in [-0.1, -0.05) is 35.9 Å². The van der Waals surface area contributed by atoms with Crippen LogP contribution in [0.15, 0.2) is 77.9 Å². The van der Waals surface area contributed by atoms with Crippen LogP contribution in [0.2, 0.25) is 5.02 Å². The molecule has 3 aromatic rings. The molecule has 0 bridgehead atoms. The third kappa shape index (κ3) is 6.91. The minimum absolute atomic E-state index is 0.247. The van der Waals surface area contributed by atoms with Crippen LogP contribution >= 0.6 is 11.6 Å². The molecule has 0 aromatic heterocycles. The van der Waals surface area contributed by atoms with Gasteiger partial charge in [0.15, 0.2) is 11.5 Å². The van der Waals surface area contributed by atoms with Gasteiger partial charge in [-0.3, -0.25) is 9.59 Å². The predicted octanol–water partition coefficient (Wildman–Crippen LogP) is 3.45. The van der Waals surface area contributed by atoms with Crippen molar-refractivity contribution in [1.82, 2.24) is 10.7 Å². The van der Waals surface area contributed by atoms with Gasteiger partial charge in [-0.25, -0.2) is 10.2 Å². The number of esters is 1. The zero-order valence-electron chi connectivity index (χ0n) is 17.6. The smallest absolute Gasteiger partial charge is 0.343 e. The topological polar surface area (TPSA) is 106 Å². The highest BCUT2D eigenvalue weighted by molar-refractivity contribution is 6.31. The van der Waals surface area contributed by atoms with Gasteiger partial charge in [0, 0.05) is 10.6 Å². The minimum Gasteiger partial charge on any atom is -0.493 e. The average molecular weight is 466 g/mol. The predicted molar refractivity (Wildman–Crippen MR) is 124 cm³/mol. The molecule has 0 spiro atoms. The van der Waals surface area contributed by atoms with Crippen LogP contribution in [0.4, 0.5) is 0 Å². The van der Waals surface area contributed by atoms with Crippen LogP contribution in [0.1, 0.15) is 26.3 Å². The van der Waals surface area contributed by atoms with Crippen LogP contribution in [-0.2, 0) is 4.79 Å². The van der Waals surface area contributed by atoms with Crippen molar-refractivity contribution in [3.63, 3.8) is 0 Å². The lowest BCUT2D eigenvalue weighted by Gasteiger charge is -2.10. The van der Waals surface area contributed by atoms with Crippen molar-refractivity contribution in [1.29, 1.82) is 0 Å². The Kier molecular flexibility index (Phi) is 8.15. The molecule has 8 nitrogen and oxygen atoms in total. The van der Waals surface area contributed by atoms with Gasteiger partial charge < -0.3 is 14.8 Å². The summed E-state index contributed by atoms with van der Waals surface area (Å²) in [6.45, 7) is -0.264. The summed E-state index contributed by atoms with van der Waals surface area (Å²) >= 11 is 5.85. The molecule has 3 aromatic carbocycles. The quantitative estimate of drug-likeness (QED) is 0.229. The number of ether oxygens (including phenoxy) is 2. The second-order valence-corrected chi connectivity index (χ2v) is 7.09. The second kappa shape index (κ2) is 11.4. The van der Waals surface area contributed by atoms with E-state index in [0.29, 0.717) is 27.5 Å². The molecule has 2 amide bonds. The molecule has 0 radical (unpaired) electrons. The minimum atomic E-state index is -0.512. The van der Waals surface area contributed by atoms with E-state index in [1.54, 1.807) is 66.7 Å². The van der Waals surface area contributed by atoms with Crippen LogP contribution in [0.5, 0.6) is 11.5 Å². The standard InChI is InChI=1S/C24H20ClN3O5/c1-32-21-12-16(10-11-20(21)33-24(31)17-6-3-2-4-7-17)14-27-28-22(29)15-26-23(30)18-8-5-9-19(25)13-18/h2-14H,15H2,1H3,(H,26,30)(H,28,29)/b27-14+. The van der Waals surface area contributed by atoms with E-state index in [0.717, 1.165) is 0 Å².